The van der Waals surface area contributed by atoms with Gasteiger partial charge in [-0.05, 0) is 171 Å². The van der Waals surface area contributed by atoms with Crippen molar-refractivity contribution in [1.29, 1.82) is 0 Å². The molecule has 12 aromatic rings. The molecule has 0 amide bonds. The molecule has 0 aliphatic heterocycles. The molecule has 2 heterocycles. The van der Waals surface area contributed by atoms with Crippen molar-refractivity contribution in [3.8, 4) is 33.6 Å². The number of fused-ring (bicyclic) bond motifs is 6. The van der Waals surface area contributed by atoms with Crippen molar-refractivity contribution in [2.24, 2.45) is 0 Å². The third-order valence-corrected chi connectivity index (χ3v) is 15.5. The lowest BCUT2D eigenvalue weighted by Gasteiger charge is -2.19. The molecule has 0 spiro atoms. The molecular weight excluding hydrogens is 845 g/mol. The van der Waals surface area contributed by atoms with Crippen LogP contribution in [0.25, 0.3) is 110 Å². The fraction of sp³-hybridized carbons (Fsp3) is 0.235. The van der Waals surface area contributed by atoms with Crippen molar-refractivity contribution >= 4 is 75.9 Å². The first-order chi connectivity index (χ1) is 33.2. The summed E-state index contributed by atoms with van der Waals surface area (Å²) >= 11 is 0. The van der Waals surface area contributed by atoms with Crippen LogP contribution in [0.4, 0.5) is 0 Å². The topological polar surface area (TPSA) is 9.86 Å². The quantitative estimate of drug-likeness (QED) is 0.156. The highest BCUT2D eigenvalue weighted by atomic mass is 15.0. The second-order valence-electron chi connectivity index (χ2n) is 24.3. The number of rotatable bonds is 4. The Labute approximate surface area is 413 Å². The van der Waals surface area contributed by atoms with Crippen LogP contribution in [0.1, 0.15) is 105 Å². The molecule has 0 unspecified atom stereocenters. The maximum Gasteiger partial charge on any atom is 0.0541 e. The Balaban J connectivity index is 0.943. The van der Waals surface area contributed by atoms with E-state index in [2.05, 4.69) is 262 Å². The summed E-state index contributed by atoms with van der Waals surface area (Å²) in [5, 5.41) is 13.0. The van der Waals surface area contributed by atoms with Gasteiger partial charge >= 0.3 is 0 Å². The summed E-state index contributed by atoms with van der Waals surface area (Å²) in [4.78, 5) is 0. The van der Waals surface area contributed by atoms with Crippen LogP contribution in [-0.2, 0) is 21.7 Å². The first-order valence-corrected chi connectivity index (χ1v) is 25.3. The van der Waals surface area contributed by atoms with E-state index in [0.717, 1.165) is 0 Å². The predicted octanol–water partition coefficient (Wildman–Crippen LogP) is 19.3. The summed E-state index contributed by atoms with van der Waals surface area (Å²) in [6.45, 7) is 27.7. The van der Waals surface area contributed by atoms with Gasteiger partial charge in [-0.25, -0.2) is 0 Å². The zero-order valence-electron chi connectivity index (χ0n) is 43.1. The van der Waals surface area contributed by atoms with Crippen LogP contribution in [-0.4, -0.2) is 9.13 Å². The average molecular weight is 909 g/mol. The molecule has 0 fully saturated rings. The minimum absolute atomic E-state index is 0.0593. The standard InChI is InChI=1S/C68H64N2/c1-65(2,3)45-21-33-59-55(37-45)56-38-46(66(4,5)6)22-34-60(56)69(59)49-25-13-41(14-26-49)51-29-17-43-20-32-54-52(30-18-44-19-31-53(51)63(43)64(44)54)42-15-27-50(28-16-42)70-61-35-23-47(67(7,8)9)39-57(61)58-40-48(68(10,11)12)24-36-62(58)70/h13-40H,1-12H3. The van der Waals surface area contributed by atoms with Crippen molar-refractivity contribution in [1.82, 2.24) is 9.13 Å². The minimum Gasteiger partial charge on any atom is -0.309 e. The SMILES string of the molecule is CC(C)(C)c1ccc2c(c1)c1cc(C(C)(C)C)ccc1n2-c1ccc(-c2ccc3ccc4c(-c5ccc(-n6c7ccc(C(C)(C)C)cc7c7cc(C(C)(C)C)ccc76)cc5)ccc5ccc2c3c54)cc1. The van der Waals surface area contributed by atoms with Gasteiger partial charge < -0.3 is 9.13 Å². The molecule has 0 aliphatic rings. The summed E-state index contributed by atoms with van der Waals surface area (Å²) < 4.78 is 4.92. The lowest BCUT2D eigenvalue weighted by Crippen LogP contribution is -2.10. The second-order valence-corrected chi connectivity index (χ2v) is 24.3. The van der Waals surface area contributed by atoms with Crippen LogP contribution >= 0.6 is 0 Å². The molecule has 0 aliphatic carbocycles. The highest BCUT2D eigenvalue weighted by Crippen LogP contribution is 2.45. The van der Waals surface area contributed by atoms with E-state index in [1.54, 1.807) is 0 Å². The van der Waals surface area contributed by atoms with Crippen LogP contribution in [0.15, 0.2) is 170 Å². The summed E-state index contributed by atoms with van der Waals surface area (Å²) in [7, 11) is 0. The summed E-state index contributed by atoms with van der Waals surface area (Å²) in [5.41, 5.74) is 17.9. The zero-order valence-corrected chi connectivity index (χ0v) is 43.1. The van der Waals surface area contributed by atoms with Crippen LogP contribution in [0, 0.1) is 0 Å². The molecule has 0 N–H and O–H groups in total. The molecular formula is C68H64N2. The van der Waals surface area contributed by atoms with Crippen LogP contribution in [0.3, 0.4) is 0 Å². The number of nitrogens with zero attached hydrogens (tertiary/aromatic N) is 2. The predicted molar refractivity (Wildman–Crippen MR) is 304 cm³/mol. The van der Waals surface area contributed by atoms with Crippen LogP contribution < -0.4 is 0 Å². The second kappa shape index (κ2) is 15.2. The van der Waals surface area contributed by atoms with Gasteiger partial charge in [0, 0.05) is 32.9 Å². The molecule has 10 aromatic carbocycles. The van der Waals surface area contributed by atoms with Crippen molar-refractivity contribution in [2.45, 2.75) is 105 Å². The molecule has 2 heteroatoms. The molecule has 2 nitrogen and oxygen atoms in total. The fourth-order valence-electron chi connectivity index (χ4n) is 11.4. The van der Waals surface area contributed by atoms with E-state index in [1.165, 1.54) is 132 Å². The fourth-order valence-corrected chi connectivity index (χ4v) is 11.4. The molecule has 0 saturated carbocycles. The summed E-state index contributed by atoms with van der Waals surface area (Å²) in [6.07, 6.45) is 0. The molecule has 2 aromatic heterocycles. The number of aromatic nitrogens is 2. The Kier molecular flexibility index (Phi) is 9.55. The third-order valence-electron chi connectivity index (χ3n) is 15.5. The Hall–Kier alpha value is -7.16. The van der Waals surface area contributed by atoms with E-state index in [4.69, 9.17) is 0 Å². The van der Waals surface area contributed by atoms with E-state index in [0.29, 0.717) is 0 Å². The maximum atomic E-state index is 2.46. The van der Waals surface area contributed by atoms with Crippen molar-refractivity contribution in [2.75, 3.05) is 0 Å². The van der Waals surface area contributed by atoms with Gasteiger partial charge in [0.15, 0.2) is 0 Å². The van der Waals surface area contributed by atoms with Crippen molar-refractivity contribution in [3.05, 3.63) is 192 Å². The third kappa shape index (κ3) is 6.97. The van der Waals surface area contributed by atoms with E-state index >= 15 is 0 Å². The Bertz CT molecular complexity index is 3640. The lowest BCUT2D eigenvalue weighted by molar-refractivity contribution is 0.590. The molecule has 70 heavy (non-hydrogen) atoms. The van der Waals surface area contributed by atoms with Gasteiger partial charge in [-0.1, -0.05) is 180 Å². The van der Waals surface area contributed by atoms with Crippen molar-refractivity contribution < 1.29 is 0 Å². The van der Waals surface area contributed by atoms with Gasteiger partial charge in [-0.3, -0.25) is 0 Å². The normalized spacial score (nSPS) is 13.1. The Morgan fingerprint density at radius 3 is 0.800 bits per heavy atom. The molecule has 0 saturated heterocycles. The maximum absolute atomic E-state index is 2.46. The largest absolute Gasteiger partial charge is 0.309 e. The Morgan fingerprint density at radius 2 is 0.529 bits per heavy atom. The molecule has 0 bridgehead atoms. The number of hydrogen-bond donors (Lipinski definition) is 0. The lowest BCUT2D eigenvalue weighted by atomic mass is 9.85. The van der Waals surface area contributed by atoms with E-state index in [1.807, 2.05) is 0 Å². The van der Waals surface area contributed by atoms with Gasteiger partial charge in [0.1, 0.15) is 0 Å². The van der Waals surface area contributed by atoms with Crippen molar-refractivity contribution in [3.63, 3.8) is 0 Å². The summed E-state index contributed by atoms with van der Waals surface area (Å²) in [6, 6.07) is 65.5. The zero-order chi connectivity index (χ0) is 48.8. The summed E-state index contributed by atoms with van der Waals surface area (Å²) in [5.74, 6) is 0. The molecule has 0 radical (unpaired) electrons. The Morgan fingerprint density at radius 1 is 0.257 bits per heavy atom. The van der Waals surface area contributed by atoms with E-state index in [-0.39, 0.29) is 21.7 Å². The highest BCUT2D eigenvalue weighted by Gasteiger charge is 2.24. The average Bonchev–Trinajstić information content (AvgIpc) is 3.83. The molecule has 346 valence electrons. The van der Waals surface area contributed by atoms with E-state index in [9.17, 15) is 0 Å². The van der Waals surface area contributed by atoms with Crippen LogP contribution in [0.2, 0.25) is 0 Å². The highest BCUT2D eigenvalue weighted by molar-refractivity contribution is 6.27. The van der Waals surface area contributed by atoms with Gasteiger partial charge in [0.2, 0.25) is 0 Å². The first kappa shape index (κ1) is 44.1. The van der Waals surface area contributed by atoms with Gasteiger partial charge in [0.25, 0.3) is 0 Å². The first-order valence-electron chi connectivity index (χ1n) is 25.3. The van der Waals surface area contributed by atoms with Gasteiger partial charge in [-0.15, -0.1) is 0 Å². The number of hydrogen-bond acceptors (Lipinski definition) is 0. The van der Waals surface area contributed by atoms with Gasteiger partial charge in [-0.2, -0.15) is 0 Å². The minimum atomic E-state index is 0.0593. The van der Waals surface area contributed by atoms with Crippen LogP contribution in [0.5, 0.6) is 0 Å². The monoisotopic (exact) mass is 909 g/mol. The van der Waals surface area contributed by atoms with Gasteiger partial charge in [0.05, 0.1) is 22.1 Å². The molecule has 12 rings (SSSR count). The van der Waals surface area contributed by atoms with E-state index < -0.39 is 0 Å². The smallest absolute Gasteiger partial charge is 0.0541 e. The molecule has 0 atom stereocenters. The number of benzene rings is 10.